The van der Waals surface area contributed by atoms with Gasteiger partial charge >= 0.3 is 0 Å². The van der Waals surface area contributed by atoms with Crippen LogP contribution in [0.3, 0.4) is 0 Å². The van der Waals surface area contributed by atoms with Gasteiger partial charge in [-0.3, -0.25) is 0 Å². The van der Waals surface area contributed by atoms with E-state index in [1.54, 1.807) is 0 Å². The summed E-state index contributed by atoms with van der Waals surface area (Å²) in [5.41, 5.74) is 4.57. The summed E-state index contributed by atoms with van der Waals surface area (Å²) in [6, 6.07) is 22.1. The van der Waals surface area contributed by atoms with Crippen molar-refractivity contribution >= 4 is 33.2 Å². The molecule has 0 bridgehead atoms. The molecule has 0 spiro atoms. The standard InChI is InChI=1S/C21H19BrClNO/c1-15-10-18(22)8-9-21(15)24-13-16-4-3-7-20(12-16)25-14-17-5-2-6-19(23)11-17/h2-12,24H,13-14H2,1H3. The van der Waals surface area contributed by atoms with Gasteiger partial charge in [0.25, 0.3) is 0 Å². The molecule has 1 N–H and O–H groups in total. The summed E-state index contributed by atoms with van der Waals surface area (Å²) in [6.45, 7) is 3.34. The zero-order chi connectivity index (χ0) is 17.6. The molecule has 4 heteroatoms. The minimum Gasteiger partial charge on any atom is -0.489 e. The minimum atomic E-state index is 0.503. The van der Waals surface area contributed by atoms with Crippen LogP contribution in [0.2, 0.25) is 5.02 Å². The fraction of sp³-hybridized carbons (Fsp3) is 0.143. The van der Waals surface area contributed by atoms with Crippen LogP contribution < -0.4 is 10.1 Å². The van der Waals surface area contributed by atoms with E-state index < -0.39 is 0 Å². The molecular weight excluding hydrogens is 398 g/mol. The number of rotatable bonds is 6. The van der Waals surface area contributed by atoms with E-state index in [2.05, 4.69) is 52.4 Å². The summed E-state index contributed by atoms with van der Waals surface area (Å²) in [4.78, 5) is 0. The lowest BCUT2D eigenvalue weighted by Gasteiger charge is -2.12. The minimum absolute atomic E-state index is 0.503. The van der Waals surface area contributed by atoms with Gasteiger partial charge in [0.2, 0.25) is 0 Å². The molecule has 3 aromatic carbocycles. The van der Waals surface area contributed by atoms with Gasteiger partial charge in [0, 0.05) is 21.7 Å². The van der Waals surface area contributed by atoms with E-state index in [9.17, 15) is 0 Å². The van der Waals surface area contributed by atoms with Crippen molar-refractivity contribution in [3.8, 4) is 5.75 Å². The Balaban J connectivity index is 1.61. The van der Waals surface area contributed by atoms with Crippen molar-refractivity contribution in [3.63, 3.8) is 0 Å². The molecule has 0 saturated carbocycles. The molecule has 3 aromatic rings. The van der Waals surface area contributed by atoms with Gasteiger partial charge in [-0.15, -0.1) is 0 Å². The molecule has 0 aliphatic rings. The van der Waals surface area contributed by atoms with Crippen LogP contribution in [0.1, 0.15) is 16.7 Å². The normalized spacial score (nSPS) is 10.5. The van der Waals surface area contributed by atoms with Crippen molar-refractivity contribution in [1.82, 2.24) is 0 Å². The van der Waals surface area contributed by atoms with E-state index in [0.29, 0.717) is 6.61 Å². The number of benzene rings is 3. The zero-order valence-corrected chi connectivity index (χ0v) is 16.3. The number of hydrogen-bond acceptors (Lipinski definition) is 2. The van der Waals surface area contributed by atoms with E-state index in [0.717, 1.165) is 33.0 Å². The molecule has 0 atom stereocenters. The predicted octanol–water partition coefficient (Wildman–Crippen LogP) is 6.60. The second-order valence-electron chi connectivity index (χ2n) is 5.88. The van der Waals surface area contributed by atoms with Crippen molar-refractivity contribution in [1.29, 1.82) is 0 Å². The van der Waals surface area contributed by atoms with Crippen molar-refractivity contribution in [2.24, 2.45) is 0 Å². The third-order valence-corrected chi connectivity index (χ3v) is 4.59. The first-order valence-electron chi connectivity index (χ1n) is 8.06. The molecule has 0 aromatic heterocycles. The van der Waals surface area contributed by atoms with Crippen LogP contribution in [0.25, 0.3) is 0 Å². The second kappa shape index (κ2) is 8.41. The molecule has 0 unspecified atom stereocenters. The lowest BCUT2D eigenvalue weighted by atomic mass is 10.1. The summed E-state index contributed by atoms with van der Waals surface area (Å²) in [5.74, 6) is 0.854. The number of anilines is 1. The van der Waals surface area contributed by atoms with E-state index in [-0.39, 0.29) is 0 Å². The molecule has 2 nitrogen and oxygen atoms in total. The van der Waals surface area contributed by atoms with Crippen molar-refractivity contribution in [2.75, 3.05) is 5.32 Å². The molecule has 0 amide bonds. The van der Waals surface area contributed by atoms with Crippen LogP contribution in [-0.4, -0.2) is 0 Å². The molecule has 0 heterocycles. The monoisotopic (exact) mass is 415 g/mol. The van der Waals surface area contributed by atoms with Crippen LogP contribution in [0.5, 0.6) is 5.75 Å². The fourth-order valence-electron chi connectivity index (χ4n) is 2.56. The van der Waals surface area contributed by atoms with Crippen LogP contribution in [0.4, 0.5) is 5.69 Å². The highest BCUT2D eigenvalue weighted by Crippen LogP contribution is 2.22. The van der Waals surface area contributed by atoms with Crippen LogP contribution >= 0.6 is 27.5 Å². The third kappa shape index (κ3) is 5.25. The fourth-order valence-corrected chi connectivity index (χ4v) is 3.25. The Hall–Kier alpha value is -1.97. The average Bonchev–Trinajstić information content (AvgIpc) is 2.60. The van der Waals surface area contributed by atoms with Gasteiger partial charge in [-0.25, -0.2) is 0 Å². The average molecular weight is 417 g/mol. The first-order valence-corrected chi connectivity index (χ1v) is 9.23. The van der Waals surface area contributed by atoms with Crippen molar-refractivity contribution < 1.29 is 4.74 Å². The number of ether oxygens (including phenoxy) is 1. The smallest absolute Gasteiger partial charge is 0.120 e. The molecule has 0 aliphatic heterocycles. The van der Waals surface area contributed by atoms with Gasteiger partial charge in [-0.1, -0.05) is 51.8 Å². The van der Waals surface area contributed by atoms with E-state index in [1.165, 1.54) is 11.1 Å². The first-order chi connectivity index (χ1) is 12.1. The second-order valence-corrected chi connectivity index (χ2v) is 7.23. The number of halogens is 2. The van der Waals surface area contributed by atoms with Gasteiger partial charge in [0.15, 0.2) is 0 Å². The maximum absolute atomic E-state index is 6.01. The van der Waals surface area contributed by atoms with Gasteiger partial charge in [-0.2, -0.15) is 0 Å². The molecule has 128 valence electrons. The summed E-state index contributed by atoms with van der Waals surface area (Å²) in [6.07, 6.45) is 0. The quantitative estimate of drug-likeness (QED) is 0.488. The number of hydrogen-bond donors (Lipinski definition) is 1. The molecule has 25 heavy (non-hydrogen) atoms. The molecule has 0 aliphatic carbocycles. The summed E-state index contributed by atoms with van der Waals surface area (Å²) in [5, 5.41) is 4.20. The Morgan fingerprint density at radius 2 is 1.76 bits per heavy atom. The lowest BCUT2D eigenvalue weighted by molar-refractivity contribution is 0.306. The highest BCUT2D eigenvalue weighted by atomic mass is 79.9. The van der Waals surface area contributed by atoms with Gasteiger partial charge < -0.3 is 10.1 Å². The third-order valence-electron chi connectivity index (χ3n) is 3.86. The Bertz CT molecular complexity index is 866. The Labute approximate surface area is 161 Å². The molecule has 3 rings (SSSR count). The summed E-state index contributed by atoms with van der Waals surface area (Å²) in [7, 11) is 0. The summed E-state index contributed by atoms with van der Waals surface area (Å²) >= 11 is 9.50. The van der Waals surface area contributed by atoms with Gasteiger partial charge in [-0.05, 0) is 66.1 Å². The SMILES string of the molecule is Cc1cc(Br)ccc1NCc1cccc(OCc2cccc(Cl)c2)c1. The topological polar surface area (TPSA) is 21.3 Å². The highest BCUT2D eigenvalue weighted by Gasteiger charge is 2.02. The van der Waals surface area contributed by atoms with Gasteiger partial charge in [0.05, 0.1) is 0 Å². The largest absolute Gasteiger partial charge is 0.489 e. The van der Waals surface area contributed by atoms with Crippen molar-refractivity contribution in [2.45, 2.75) is 20.1 Å². The zero-order valence-electron chi connectivity index (χ0n) is 13.9. The lowest BCUT2D eigenvalue weighted by Crippen LogP contribution is -2.02. The molecule has 0 radical (unpaired) electrons. The van der Waals surface area contributed by atoms with Gasteiger partial charge in [0.1, 0.15) is 12.4 Å². The van der Waals surface area contributed by atoms with Crippen LogP contribution in [0.15, 0.2) is 71.2 Å². The number of nitrogens with one attached hydrogen (secondary N) is 1. The Morgan fingerprint density at radius 1 is 0.960 bits per heavy atom. The molecule has 0 saturated heterocycles. The maximum atomic E-state index is 6.01. The number of aryl methyl sites for hydroxylation is 1. The summed E-state index contributed by atoms with van der Waals surface area (Å²) < 4.78 is 6.98. The van der Waals surface area contributed by atoms with Crippen LogP contribution in [0, 0.1) is 6.92 Å². The predicted molar refractivity (Wildman–Crippen MR) is 108 cm³/mol. The van der Waals surface area contributed by atoms with E-state index >= 15 is 0 Å². The highest BCUT2D eigenvalue weighted by molar-refractivity contribution is 9.10. The Kier molecular flexibility index (Phi) is 6.00. The maximum Gasteiger partial charge on any atom is 0.120 e. The van der Waals surface area contributed by atoms with Crippen LogP contribution in [-0.2, 0) is 13.2 Å². The van der Waals surface area contributed by atoms with E-state index in [1.807, 2.05) is 42.5 Å². The molecular formula is C21H19BrClNO. The van der Waals surface area contributed by atoms with Crippen molar-refractivity contribution in [3.05, 3.63) is 92.9 Å². The van der Waals surface area contributed by atoms with E-state index in [4.69, 9.17) is 16.3 Å². The molecule has 0 fully saturated rings. The first kappa shape index (κ1) is 17.8. The Morgan fingerprint density at radius 3 is 2.56 bits per heavy atom.